The van der Waals surface area contributed by atoms with Gasteiger partial charge in [0.25, 0.3) is 0 Å². The smallest absolute Gasteiger partial charge is 0.307 e. The molecule has 0 aliphatic carbocycles. The van der Waals surface area contributed by atoms with E-state index in [0.717, 1.165) is 24.0 Å². The zero-order valence-corrected chi connectivity index (χ0v) is 19.3. The van der Waals surface area contributed by atoms with Crippen LogP contribution in [0.4, 0.5) is 0 Å². The van der Waals surface area contributed by atoms with E-state index >= 15 is 0 Å². The molecule has 0 fully saturated rings. The van der Waals surface area contributed by atoms with Crippen molar-refractivity contribution in [3.8, 4) is 0 Å². The minimum absolute atomic E-state index is 0.0681. The van der Waals surface area contributed by atoms with Gasteiger partial charge in [-0.3, -0.25) is 14.4 Å². The van der Waals surface area contributed by atoms with Gasteiger partial charge in [0.2, 0.25) is 5.91 Å². The first-order valence-electron chi connectivity index (χ1n) is 10.4. The molecule has 8 heteroatoms. The maximum atomic E-state index is 12.5. The van der Waals surface area contributed by atoms with Gasteiger partial charge >= 0.3 is 11.9 Å². The maximum Gasteiger partial charge on any atom is 0.307 e. The van der Waals surface area contributed by atoms with E-state index in [-0.39, 0.29) is 18.4 Å². The first-order valence-corrected chi connectivity index (χ1v) is 11.1. The topological polar surface area (TPSA) is 104 Å². The molecule has 2 rings (SSSR count). The van der Waals surface area contributed by atoms with Gasteiger partial charge < -0.3 is 15.5 Å². The molecular formula is C24H27Cl2NO5. The largest absolute Gasteiger partial charge is 0.481 e. The van der Waals surface area contributed by atoms with Crippen molar-refractivity contribution in [1.29, 1.82) is 0 Å². The first-order chi connectivity index (χ1) is 15.1. The van der Waals surface area contributed by atoms with Crippen molar-refractivity contribution < 1.29 is 24.6 Å². The third kappa shape index (κ3) is 8.89. The SMILES string of the molecule is CC(NC(=O)CC(CC(=O)O)C(=O)O)C(CCc1ccc(Cl)cc1)Cc1ccc(Cl)cc1. The van der Waals surface area contributed by atoms with Gasteiger partial charge in [0.1, 0.15) is 0 Å². The molecule has 1 amide bonds. The van der Waals surface area contributed by atoms with Crippen LogP contribution >= 0.6 is 23.2 Å². The van der Waals surface area contributed by atoms with Gasteiger partial charge in [-0.2, -0.15) is 0 Å². The number of halogens is 2. The Morgan fingerprint density at radius 1 is 0.875 bits per heavy atom. The lowest BCUT2D eigenvalue weighted by Crippen LogP contribution is -2.40. The van der Waals surface area contributed by atoms with Crippen LogP contribution in [0.15, 0.2) is 48.5 Å². The van der Waals surface area contributed by atoms with Crippen LogP contribution in [0, 0.1) is 11.8 Å². The van der Waals surface area contributed by atoms with Gasteiger partial charge in [-0.1, -0.05) is 47.5 Å². The normalized spacial score (nSPS) is 13.7. The van der Waals surface area contributed by atoms with Crippen molar-refractivity contribution in [3.05, 3.63) is 69.7 Å². The molecule has 0 aliphatic heterocycles. The third-order valence-corrected chi connectivity index (χ3v) is 5.93. The minimum Gasteiger partial charge on any atom is -0.481 e. The standard InChI is InChI=1S/C24H27Cl2NO5/c1-15(27-22(28)13-19(24(31)32)14-23(29)30)18(12-17-5-10-21(26)11-6-17)7-2-16-3-8-20(25)9-4-16/h3-6,8-11,15,18-19H,2,7,12-14H2,1H3,(H,27,28)(H,29,30)(H,31,32). The molecule has 0 aliphatic rings. The second kappa shape index (κ2) is 12.5. The summed E-state index contributed by atoms with van der Waals surface area (Å²) in [5.41, 5.74) is 2.20. The number of nitrogens with one attached hydrogen (secondary N) is 1. The Balaban J connectivity index is 2.07. The van der Waals surface area contributed by atoms with Crippen molar-refractivity contribution in [3.63, 3.8) is 0 Å². The fraction of sp³-hybridized carbons (Fsp3) is 0.375. The highest BCUT2D eigenvalue weighted by atomic mass is 35.5. The summed E-state index contributed by atoms with van der Waals surface area (Å²) in [5.74, 6) is -4.21. The van der Waals surface area contributed by atoms with Crippen LogP contribution < -0.4 is 5.32 Å². The summed E-state index contributed by atoms with van der Waals surface area (Å²) in [4.78, 5) is 34.6. The van der Waals surface area contributed by atoms with Gasteiger partial charge in [0, 0.05) is 22.5 Å². The Hall–Kier alpha value is -2.57. The van der Waals surface area contributed by atoms with Crippen LogP contribution in [0.25, 0.3) is 0 Å². The molecule has 0 radical (unpaired) electrons. The predicted octanol–water partition coefficient (Wildman–Crippen LogP) is 4.86. The molecule has 0 heterocycles. The van der Waals surface area contributed by atoms with E-state index in [1.165, 1.54) is 0 Å². The predicted molar refractivity (Wildman–Crippen MR) is 124 cm³/mol. The fourth-order valence-corrected chi connectivity index (χ4v) is 3.82. The molecule has 32 heavy (non-hydrogen) atoms. The molecule has 2 aromatic rings. The lowest BCUT2D eigenvalue weighted by molar-refractivity contribution is -0.149. The minimum atomic E-state index is -1.30. The van der Waals surface area contributed by atoms with E-state index in [9.17, 15) is 19.5 Å². The molecule has 0 spiro atoms. The molecule has 3 unspecified atom stereocenters. The fourth-order valence-electron chi connectivity index (χ4n) is 3.57. The van der Waals surface area contributed by atoms with Crippen molar-refractivity contribution in [2.75, 3.05) is 0 Å². The van der Waals surface area contributed by atoms with Gasteiger partial charge in [-0.25, -0.2) is 0 Å². The number of carbonyl (C=O) groups excluding carboxylic acids is 1. The second-order valence-electron chi connectivity index (χ2n) is 7.95. The number of carboxylic acid groups (broad SMARTS) is 2. The number of carboxylic acids is 2. The number of hydrogen-bond donors (Lipinski definition) is 3. The second-order valence-corrected chi connectivity index (χ2v) is 8.82. The Morgan fingerprint density at radius 3 is 1.91 bits per heavy atom. The van der Waals surface area contributed by atoms with Crippen molar-refractivity contribution in [2.24, 2.45) is 11.8 Å². The molecule has 0 saturated carbocycles. The molecule has 0 saturated heterocycles. The lowest BCUT2D eigenvalue weighted by atomic mass is 9.87. The number of carbonyl (C=O) groups is 3. The maximum absolute atomic E-state index is 12.5. The van der Waals surface area contributed by atoms with Crippen molar-refractivity contribution in [1.82, 2.24) is 5.32 Å². The Kier molecular flexibility index (Phi) is 10.0. The zero-order valence-electron chi connectivity index (χ0n) is 17.8. The van der Waals surface area contributed by atoms with Crippen LogP contribution in [0.2, 0.25) is 10.0 Å². The number of rotatable bonds is 12. The van der Waals surface area contributed by atoms with Crippen molar-refractivity contribution >= 4 is 41.0 Å². The molecule has 3 N–H and O–H groups in total. The first kappa shape index (κ1) is 25.7. The molecule has 0 aromatic heterocycles. The van der Waals surface area contributed by atoms with Crippen LogP contribution in [-0.4, -0.2) is 34.1 Å². The van der Waals surface area contributed by atoms with E-state index in [2.05, 4.69) is 5.32 Å². The molecule has 0 bridgehead atoms. The number of aliphatic carboxylic acids is 2. The van der Waals surface area contributed by atoms with Gasteiger partial charge in [0.15, 0.2) is 0 Å². The molecular weight excluding hydrogens is 453 g/mol. The highest BCUT2D eigenvalue weighted by molar-refractivity contribution is 6.30. The van der Waals surface area contributed by atoms with Crippen LogP contribution in [0.1, 0.15) is 37.3 Å². The van der Waals surface area contributed by atoms with Crippen molar-refractivity contribution in [2.45, 2.75) is 45.1 Å². The highest BCUT2D eigenvalue weighted by Gasteiger charge is 2.26. The van der Waals surface area contributed by atoms with Gasteiger partial charge in [0.05, 0.1) is 12.3 Å². The summed E-state index contributed by atoms with van der Waals surface area (Å²) in [7, 11) is 0. The Bertz CT molecular complexity index is 915. The van der Waals surface area contributed by atoms with Gasteiger partial charge in [-0.05, 0) is 67.5 Å². The molecule has 172 valence electrons. The third-order valence-electron chi connectivity index (χ3n) is 5.43. The summed E-state index contributed by atoms with van der Waals surface area (Å²) < 4.78 is 0. The summed E-state index contributed by atoms with van der Waals surface area (Å²) >= 11 is 11.9. The van der Waals surface area contributed by atoms with E-state index in [0.29, 0.717) is 16.5 Å². The van der Waals surface area contributed by atoms with E-state index < -0.39 is 30.2 Å². The van der Waals surface area contributed by atoms with Crippen LogP contribution in [-0.2, 0) is 27.2 Å². The monoisotopic (exact) mass is 479 g/mol. The molecule has 6 nitrogen and oxygen atoms in total. The Morgan fingerprint density at radius 2 is 1.41 bits per heavy atom. The summed E-state index contributed by atoms with van der Waals surface area (Å²) in [6, 6.07) is 14.9. The summed E-state index contributed by atoms with van der Waals surface area (Å²) in [6.07, 6.45) is 1.29. The number of hydrogen-bond acceptors (Lipinski definition) is 3. The number of benzene rings is 2. The summed E-state index contributed by atoms with van der Waals surface area (Å²) in [5, 5.41) is 22.3. The average molecular weight is 480 g/mol. The number of aryl methyl sites for hydroxylation is 1. The number of amides is 1. The molecule has 3 atom stereocenters. The van der Waals surface area contributed by atoms with E-state index in [1.54, 1.807) is 0 Å². The van der Waals surface area contributed by atoms with E-state index in [1.807, 2.05) is 55.5 Å². The molecule has 2 aromatic carbocycles. The average Bonchev–Trinajstić information content (AvgIpc) is 2.72. The lowest BCUT2D eigenvalue weighted by Gasteiger charge is -2.26. The van der Waals surface area contributed by atoms with Gasteiger partial charge in [-0.15, -0.1) is 0 Å². The van der Waals surface area contributed by atoms with Crippen LogP contribution in [0.5, 0.6) is 0 Å². The quantitative estimate of drug-likeness (QED) is 0.403. The summed E-state index contributed by atoms with van der Waals surface area (Å²) in [6.45, 7) is 1.88. The zero-order chi connectivity index (χ0) is 23.7. The Labute approximate surface area is 197 Å². The van der Waals surface area contributed by atoms with Crippen LogP contribution in [0.3, 0.4) is 0 Å². The highest BCUT2D eigenvalue weighted by Crippen LogP contribution is 2.22. The van der Waals surface area contributed by atoms with E-state index in [4.69, 9.17) is 28.3 Å².